The molecule has 2 N–H and O–H groups in total. The second-order valence-electron chi connectivity index (χ2n) is 5.75. The van der Waals surface area contributed by atoms with E-state index in [9.17, 15) is 9.18 Å². The highest BCUT2D eigenvalue weighted by molar-refractivity contribution is 5.77. The lowest BCUT2D eigenvalue weighted by Gasteiger charge is -2.10. The van der Waals surface area contributed by atoms with Crippen molar-refractivity contribution in [2.24, 2.45) is 0 Å². The van der Waals surface area contributed by atoms with Crippen LogP contribution in [0.5, 0.6) is 5.75 Å². The molecular formula is C24H31FN4O3. The summed E-state index contributed by atoms with van der Waals surface area (Å²) in [6.45, 7) is 8.97. The zero-order valence-electron chi connectivity index (χ0n) is 19.2. The number of anilines is 4. The van der Waals surface area contributed by atoms with Crippen LogP contribution in [-0.2, 0) is 4.74 Å². The van der Waals surface area contributed by atoms with Gasteiger partial charge in [0.15, 0.2) is 11.6 Å². The van der Waals surface area contributed by atoms with Crippen LogP contribution in [0.2, 0.25) is 0 Å². The van der Waals surface area contributed by atoms with Crippen molar-refractivity contribution in [3.8, 4) is 5.75 Å². The zero-order valence-corrected chi connectivity index (χ0v) is 19.2. The van der Waals surface area contributed by atoms with E-state index in [1.165, 1.54) is 0 Å². The first-order valence-corrected chi connectivity index (χ1v) is 10.5. The number of nitrogens with zero attached hydrogens (tertiary/aromatic N) is 2. The van der Waals surface area contributed by atoms with Crippen LogP contribution < -0.4 is 15.4 Å². The van der Waals surface area contributed by atoms with Gasteiger partial charge in [-0.1, -0.05) is 39.8 Å². The van der Waals surface area contributed by atoms with Gasteiger partial charge in [-0.3, -0.25) is 4.79 Å². The van der Waals surface area contributed by atoms with Crippen LogP contribution in [0.3, 0.4) is 0 Å². The van der Waals surface area contributed by atoms with Crippen LogP contribution >= 0.6 is 0 Å². The van der Waals surface area contributed by atoms with Gasteiger partial charge in [0.05, 0.1) is 12.8 Å². The Morgan fingerprint density at radius 1 is 0.969 bits per heavy atom. The van der Waals surface area contributed by atoms with Crippen molar-refractivity contribution in [3.05, 3.63) is 66.1 Å². The van der Waals surface area contributed by atoms with Crippen molar-refractivity contribution in [1.82, 2.24) is 9.97 Å². The molecule has 0 saturated heterocycles. The Balaban J connectivity index is 0.00000121. The summed E-state index contributed by atoms with van der Waals surface area (Å²) in [5.74, 6) is 0.326. The van der Waals surface area contributed by atoms with E-state index in [2.05, 4.69) is 20.6 Å². The van der Waals surface area contributed by atoms with E-state index in [0.717, 1.165) is 18.2 Å². The molecule has 7 nitrogen and oxygen atoms in total. The van der Waals surface area contributed by atoms with Gasteiger partial charge in [0, 0.05) is 24.0 Å². The number of halogens is 1. The van der Waals surface area contributed by atoms with Gasteiger partial charge in [0.1, 0.15) is 18.6 Å². The number of methoxy groups -OCH3 is 1. The van der Waals surface area contributed by atoms with Gasteiger partial charge in [-0.15, -0.1) is 0 Å². The molecule has 32 heavy (non-hydrogen) atoms. The van der Waals surface area contributed by atoms with E-state index >= 15 is 0 Å². The largest absolute Gasteiger partial charge is 0.491 e. The van der Waals surface area contributed by atoms with Gasteiger partial charge in [-0.25, -0.2) is 9.37 Å². The van der Waals surface area contributed by atoms with Gasteiger partial charge >= 0.3 is 0 Å². The predicted molar refractivity (Wildman–Crippen MR) is 127 cm³/mol. The molecule has 0 amide bonds. The third-order valence-electron chi connectivity index (χ3n) is 3.70. The Hall–Kier alpha value is -3.52. The topological polar surface area (TPSA) is 85.4 Å². The van der Waals surface area contributed by atoms with Gasteiger partial charge < -0.3 is 20.1 Å². The standard InChI is InChI=1S/C20H19FN4O3.2C2H6/c1-27-9-10-28-17-7-5-15(6-8-17)24-20-22-12-18(21)19(25-20)23-16-4-2-3-14(11-16)13-26;2*1-2/h2-8,11-13H,9-10H2,1H3,(H2,22,23,24,25);2*1-2H3. The van der Waals surface area contributed by atoms with Crippen LogP contribution in [0.4, 0.5) is 27.5 Å². The molecule has 0 aliphatic carbocycles. The van der Waals surface area contributed by atoms with E-state index < -0.39 is 5.82 Å². The molecular weight excluding hydrogens is 411 g/mol. The molecule has 0 atom stereocenters. The van der Waals surface area contributed by atoms with Crippen LogP contribution in [0.25, 0.3) is 0 Å². The fourth-order valence-electron chi connectivity index (χ4n) is 2.35. The highest BCUT2D eigenvalue weighted by Gasteiger charge is 2.08. The molecule has 172 valence electrons. The summed E-state index contributed by atoms with van der Waals surface area (Å²) < 4.78 is 24.5. The zero-order chi connectivity index (χ0) is 23.8. The van der Waals surface area contributed by atoms with E-state index in [4.69, 9.17) is 9.47 Å². The Bertz CT molecular complexity index is 937. The molecule has 1 aromatic heterocycles. The smallest absolute Gasteiger partial charge is 0.229 e. The molecule has 0 unspecified atom stereocenters. The minimum atomic E-state index is -0.607. The van der Waals surface area contributed by atoms with Crippen molar-refractivity contribution in [3.63, 3.8) is 0 Å². The summed E-state index contributed by atoms with van der Waals surface area (Å²) in [5, 5.41) is 5.86. The van der Waals surface area contributed by atoms with E-state index in [1.807, 2.05) is 27.7 Å². The third kappa shape index (κ3) is 8.69. The third-order valence-corrected chi connectivity index (χ3v) is 3.70. The first-order valence-electron chi connectivity index (χ1n) is 10.5. The van der Waals surface area contributed by atoms with Gasteiger partial charge in [0.2, 0.25) is 5.95 Å². The number of benzene rings is 2. The Kier molecular flexibility index (Phi) is 12.7. The lowest BCUT2D eigenvalue weighted by molar-refractivity contribution is 0.112. The van der Waals surface area contributed by atoms with E-state index in [1.54, 1.807) is 55.6 Å². The van der Waals surface area contributed by atoms with Gasteiger partial charge in [-0.05, 0) is 36.4 Å². The molecule has 0 aliphatic heterocycles. The molecule has 0 radical (unpaired) electrons. The summed E-state index contributed by atoms with van der Waals surface area (Å²) in [5.41, 5.74) is 1.75. The van der Waals surface area contributed by atoms with Crippen LogP contribution in [0.15, 0.2) is 54.7 Å². The minimum absolute atomic E-state index is 0.0000630. The number of hydrogen-bond acceptors (Lipinski definition) is 7. The summed E-state index contributed by atoms with van der Waals surface area (Å²) in [6, 6.07) is 13.9. The SMILES string of the molecule is CC.CC.COCCOc1ccc(Nc2ncc(F)c(Nc3cccc(C=O)c3)n2)cc1. The molecule has 3 aromatic rings. The van der Waals surface area contributed by atoms with Crippen molar-refractivity contribution in [2.45, 2.75) is 27.7 Å². The molecule has 1 heterocycles. The Morgan fingerprint density at radius 2 is 1.69 bits per heavy atom. The number of ether oxygens (including phenoxy) is 2. The maximum Gasteiger partial charge on any atom is 0.229 e. The van der Waals surface area contributed by atoms with Crippen LogP contribution in [0.1, 0.15) is 38.1 Å². The quantitative estimate of drug-likeness (QED) is 0.311. The number of aldehydes is 1. The lowest BCUT2D eigenvalue weighted by atomic mass is 10.2. The first kappa shape index (κ1) is 26.5. The van der Waals surface area contributed by atoms with Crippen molar-refractivity contribution in [1.29, 1.82) is 0 Å². The fourth-order valence-corrected chi connectivity index (χ4v) is 2.35. The molecule has 0 fully saturated rings. The van der Waals surface area contributed by atoms with Crippen LogP contribution in [-0.4, -0.2) is 36.6 Å². The fraction of sp³-hybridized carbons (Fsp3) is 0.292. The molecule has 0 saturated carbocycles. The Labute approximate surface area is 189 Å². The number of nitrogens with one attached hydrogen (secondary N) is 2. The highest BCUT2D eigenvalue weighted by atomic mass is 19.1. The van der Waals surface area contributed by atoms with Crippen molar-refractivity contribution in [2.75, 3.05) is 31.0 Å². The molecule has 0 aliphatic rings. The predicted octanol–water partition coefficient (Wildman–Crippen LogP) is 5.99. The van der Waals surface area contributed by atoms with Gasteiger partial charge in [0.25, 0.3) is 0 Å². The van der Waals surface area contributed by atoms with Crippen LogP contribution in [0, 0.1) is 5.82 Å². The molecule has 0 spiro atoms. The number of carbonyl (C=O) groups is 1. The average molecular weight is 443 g/mol. The number of aromatic nitrogens is 2. The highest BCUT2D eigenvalue weighted by Crippen LogP contribution is 2.22. The molecule has 0 bridgehead atoms. The summed E-state index contributed by atoms with van der Waals surface area (Å²) in [6.07, 6.45) is 1.79. The van der Waals surface area contributed by atoms with Crippen molar-refractivity contribution >= 4 is 29.4 Å². The number of hydrogen-bond donors (Lipinski definition) is 2. The van der Waals surface area contributed by atoms with Gasteiger partial charge in [-0.2, -0.15) is 4.98 Å². The second kappa shape index (κ2) is 15.3. The minimum Gasteiger partial charge on any atom is -0.491 e. The second-order valence-corrected chi connectivity index (χ2v) is 5.75. The maximum atomic E-state index is 14.1. The summed E-state index contributed by atoms with van der Waals surface area (Å²) in [7, 11) is 1.61. The monoisotopic (exact) mass is 442 g/mol. The molecule has 3 rings (SSSR count). The van der Waals surface area contributed by atoms with E-state index in [0.29, 0.717) is 30.2 Å². The average Bonchev–Trinajstić information content (AvgIpc) is 2.85. The first-order chi connectivity index (χ1) is 15.7. The normalized spacial score (nSPS) is 9.44. The summed E-state index contributed by atoms with van der Waals surface area (Å²) in [4.78, 5) is 19.0. The molecule has 2 aromatic carbocycles. The number of carbonyl (C=O) groups excluding carboxylic acids is 1. The van der Waals surface area contributed by atoms with E-state index in [-0.39, 0.29) is 11.8 Å². The molecule has 8 heteroatoms. The summed E-state index contributed by atoms with van der Waals surface area (Å²) >= 11 is 0. The van der Waals surface area contributed by atoms with Crippen molar-refractivity contribution < 1.29 is 18.7 Å². The Morgan fingerprint density at radius 3 is 2.34 bits per heavy atom. The lowest BCUT2D eigenvalue weighted by Crippen LogP contribution is -2.05. The maximum absolute atomic E-state index is 14.1. The number of rotatable bonds is 9.